The average molecular weight is 250 g/mol. The largest absolute Gasteiger partial charge is 0.466 e. The Bertz CT molecular complexity index is 577. The molecule has 0 radical (unpaired) electrons. The minimum atomic E-state index is -0.471. The average Bonchev–Trinajstić information content (AvgIpc) is 2.60. The second-order valence-electron chi connectivity index (χ2n) is 4.12. The van der Waals surface area contributed by atoms with Crippen molar-refractivity contribution in [2.75, 3.05) is 0 Å². The SMILES string of the molecule is CC(=O)C(C)Oc1nsc2nc(C)cc(C)c12. The van der Waals surface area contributed by atoms with Gasteiger partial charge in [-0.05, 0) is 50.9 Å². The van der Waals surface area contributed by atoms with Crippen molar-refractivity contribution in [2.45, 2.75) is 33.8 Å². The molecule has 90 valence electrons. The van der Waals surface area contributed by atoms with E-state index < -0.39 is 6.10 Å². The lowest BCUT2D eigenvalue weighted by Crippen LogP contribution is -2.20. The van der Waals surface area contributed by atoms with Crippen LogP contribution >= 0.6 is 11.5 Å². The minimum absolute atomic E-state index is 0.0103. The molecule has 2 aromatic heterocycles. The van der Waals surface area contributed by atoms with Crippen molar-refractivity contribution in [2.24, 2.45) is 0 Å². The first kappa shape index (κ1) is 12.0. The van der Waals surface area contributed by atoms with Crippen molar-refractivity contribution in [1.82, 2.24) is 9.36 Å². The lowest BCUT2D eigenvalue weighted by molar-refractivity contribution is -0.122. The third kappa shape index (κ3) is 2.29. The lowest BCUT2D eigenvalue weighted by Gasteiger charge is -2.09. The fourth-order valence-corrected chi connectivity index (χ4v) is 2.42. The van der Waals surface area contributed by atoms with Gasteiger partial charge in [0.25, 0.3) is 0 Å². The van der Waals surface area contributed by atoms with Gasteiger partial charge >= 0.3 is 0 Å². The number of aromatic nitrogens is 2. The number of hydrogen-bond donors (Lipinski definition) is 0. The number of carbonyl (C=O) groups is 1. The molecule has 2 aromatic rings. The lowest BCUT2D eigenvalue weighted by atomic mass is 10.2. The Labute approximate surface area is 104 Å². The molecule has 17 heavy (non-hydrogen) atoms. The molecule has 2 heterocycles. The van der Waals surface area contributed by atoms with Crippen LogP contribution < -0.4 is 4.74 Å². The van der Waals surface area contributed by atoms with Gasteiger partial charge in [-0.25, -0.2) is 4.98 Å². The van der Waals surface area contributed by atoms with Gasteiger partial charge in [0.15, 0.2) is 11.9 Å². The molecule has 0 spiro atoms. The zero-order chi connectivity index (χ0) is 12.6. The molecule has 0 amide bonds. The third-order valence-electron chi connectivity index (χ3n) is 2.60. The number of fused-ring (bicyclic) bond motifs is 1. The number of rotatable bonds is 3. The summed E-state index contributed by atoms with van der Waals surface area (Å²) in [6.07, 6.45) is -0.471. The zero-order valence-corrected chi connectivity index (χ0v) is 11.1. The molecule has 5 heteroatoms. The Balaban J connectivity index is 2.46. The maximum Gasteiger partial charge on any atom is 0.235 e. The van der Waals surface area contributed by atoms with Crippen LogP contribution in [0.5, 0.6) is 5.88 Å². The van der Waals surface area contributed by atoms with Crippen LogP contribution in [0, 0.1) is 13.8 Å². The van der Waals surface area contributed by atoms with E-state index in [1.807, 2.05) is 19.9 Å². The van der Waals surface area contributed by atoms with Crippen LogP contribution in [0.4, 0.5) is 0 Å². The molecule has 4 nitrogen and oxygen atoms in total. The Hall–Kier alpha value is -1.49. The highest BCUT2D eigenvalue weighted by molar-refractivity contribution is 7.13. The zero-order valence-electron chi connectivity index (χ0n) is 10.3. The summed E-state index contributed by atoms with van der Waals surface area (Å²) in [7, 11) is 0. The van der Waals surface area contributed by atoms with Gasteiger partial charge < -0.3 is 4.74 Å². The summed E-state index contributed by atoms with van der Waals surface area (Å²) in [6.45, 7) is 7.18. The van der Waals surface area contributed by atoms with Crippen molar-refractivity contribution >= 4 is 27.5 Å². The Morgan fingerprint density at radius 3 is 2.82 bits per heavy atom. The van der Waals surface area contributed by atoms with Gasteiger partial charge in [0.2, 0.25) is 5.88 Å². The van der Waals surface area contributed by atoms with Crippen LogP contribution in [0.2, 0.25) is 0 Å². The number of nitrogens with zero attached hydrogens (tertiary/aromatic N) is 2. The first-order valence-electron chi connectivity index (χ1n) is 5.39. The molecule has 0 saturated carbocycles. The number of ketones is 1. The van der Waals surface area contributed by atoms with E-state index in [-0.39, 0.29) is 5.78 Å². The number of carbonyl (C=O) groups excluding carboxylic acids is 1. The predicted molar refractivity (Wildman–Crippen MR) is 67.7 cm³/mol. The maximum atomic E-state index is 11.2. The highest BCUT2D eigenvalue weighted by Crippen LogP contribution is 2.31. The van der Waals surface area contributed by atoms with Crippen molar-refractivity contribution in [1.29, 1.82) is 0 Å². The second-order valence-corrected chi connectivity index (χ2v) is 4.87. The van der Waals surface area contributed by atoms with Crippen LogP contribution in [0.1, 0.15) is 25.1 Å². The van der Waals surface area contributed by atoms with Crippen molar-refractivity contribution in [3.63, 3.8) is 0 Å². The molecule has 2 rings (SSSR count). The van der Waals surface area contributed by atoms with Crippen molar-refractivity contribution in [3.05, 3.63) is 17.3 Å². The standard InChI is InChI=1S/C12H14N2O2S/c1-6-5-7(2)13-12-10(6)11(14-17-12)16-9(4)8(3)15/h5,9H,1-4H3. The number of aryl methyl sites for hydroxylation is 2. The highest BCUT2D eigenvalue weighted by atomic mass is 32.1. The molecule has 1 atom stereocenters. The third-order valence-corrected chi connectivity index (χ3v) is 3.33. The van der Waals surface area contributed by atoms with E-state index in [4.69, 9.17) is 4.74 Å². The van der Waals surface area contributed by atoms with E-state index in [0.29, 0.717) is 5.88 Å². The number of Topliss-reactive ketones (excluding diaryl/α,β-unsaturated/α-hetero) is 1. The number of hydrogen-bond acceptors (Lipinski definition) is 5. The Morgan fingerprint density at radius 1 is 1.47 bits per heavy atom. The van der Waals surface area contributed by atoms with Gasteiger partial charge in [0.05, 0.1) is 5.39 Å². The van der Waals surface area contributed by atoms with E-state index in [9.17, 15) is 4.79 Å². The van der Waals surface area contributed by atoms with Crippen LogP contribution in [-0.4, -0.2) is 21.2 Å². The summed E-state index contributed by atoms with van der Waals surface area (Å²) < 4.78 is 9.78. The quantitative estimate of drug-likeness (QED) is 0.840. The first-order chi connectivity index (χ1) is 7.99. The van der Waals surface area contributed by atoms with Crippen molar-refractivity contribution in [3.8, 4) is 5.88 Å². The maximum absolute atomic E-state index is 11.2. The first-order valence-corrected chi connectivity index (χ1v) is 6.17. The van der Waals surface area contributed by atoms with Gasteiger partial charge in [-0.2, -0.15) is 4.37 Å². The molecule has 0 N–H and O–H groups in total. The molecule has 0 saturated heterocycles. The summed E-state index contributed by atoms with van der Waals surface area (Å²) in [5, 5.41) is 0.911. The summed E-state index contributed by atoms with van der Waals surface area (Å²) in [4.78, 5) is 16.4. The number of pyridine rings is 1. The summed E-state index contributed by atoms with van der Waals surface area (Å²) >= 11 is 1.30. The second kappa shape index (κ2) is 4.41. The summed E-state index contributed by atoms with van der Waals surface area (Å²) in [5.41, 5.74) is 2.04. The molecule has 0 bridgehead atoms. The molecule has 0 aromatic carbocycles. The fraction of sp³-hybridized carbons (Fsp3) is 0.417. The highest BCUT2D eigenvalue weighted by Gasteiger charge is 2.16. The molecule has 0 aliphatic heterocycles. The molecular formula is C12H14N2O2S. The molecule has 0 fully saturated rings. The van der Waals surface area contributed by atoms with Crippen LogP contribution in [-0.2, 0) is 4.79 Å². The van der Waals surface area contributed by atoms with Gasteiger partial charge in [-0.15, -0.1) is 0 Å². The molecule has 0 aliphatic rings. The fourth-order valence-electron chi connectivity index (χ4n) is 1.59. The van der Waals surface area contributed by atoms with E-state index in [0.717, 1.165) is 21.5 Å². The van der Waals surface area contributed by atoms with Gasteiger partial charge in [0, 0.05) is 5.69 Å². The molecule has 0 aliphatic carbocycles. The van der Waals surface area contributed by atoms with Crippen LogP contribution in [0.15, 0.2) is 6.07 Å². The monoisotopic (exact) mass is 250 g/mol. The van der Waals surface area contributed by atoms with Crippen LogP contribution in [0.25, 0.3) is 10.2 Å². The summed E-state index contributed by atoms with van der Waals surface area (Å²) in [5.74, 6) is 0.501. The Morgan fingerprint density at radius 2 is 2.18 bits per heavy atom. The van der Waals surface area contributed by atoms with E-state index >= 15 is 0 Å². The van der Waals surface area contributed by atoms with Gasteiger partial charge in [0.1, 0.15) is 4.83 Å². The Kier molecular flexibility index (Phi) is 3.11. The van der Waals surface area contributed by atoms with Crippen molar-refractivity contribution < 1.29 is 9.53 Å². The minimum Gasteiger partial charge on any atom is -0.466 e. The molecular weight excluding hydrogens is 236 g/mol. The normalized spacial score (nSPS) is 12.7. The predicted octanol–water partition coefficient (Wildman–Crippen LogP) is 2.66. The summed E-state index contributed by atoms with van der Waals surface area (Å²) in [6, 6.07) is 1.99. The van der Waals surface area contributed by atoms with Crippen LogP contribution in [0.3, 0.4) is 0 Å². The van der Waals surface area contributed by atoms with Gasteiger partial charge in [-0.1, -0.05) is 0 Å². The van der Waals surface area contributed by atoms with E-state index in [2.05, 4.69) is 9.36 Å². The smallest absolute Gasteiger partial charge is 0.235 e. The topological polar surface area (TPSA) is 52.1 Å². The molecule has 1 unspecified atom stereocenters. The van der Waals surface area contributed by atoms with E-state index in [1.165, 1.54) is 18.5 Å². The number of ether oxygens (including phenoxy) is 1. The van der Waals surface area contributed by atoms with E-state index in [1.54, 1.807) is 6.92 Å². The van der Waals surface area contributed by atoms with Gasteiger partial charge in [-0.3, -0.25) is 4.79 Å².